The van der Waals surface area contributed by atoms with Crippen LogP contribution in [0.3, 0.4) is 0 Å². The van der Waals surface area contributed by atoms with Crippen molar-refractivity contribution in [2.24, 2.45) is 5.73 Å². The van der Waals surface area contributed by atoms with E-state index < -0.39 is 4.92 Å². The predicted octanol–water partition coefficient (Wildman–Crippen LogP) is 3.74. The first-order valence-electron chi connectivity index (χ1n) is 5.91. The zero-order chi connectivity index (χ0) is 14.7. The average molecular weight is 339 g/mol. The number of nitro groups is 1. The van der Waals surface area contributed by atoms with Crippen LogP contribution in [0.2, 0.25) is 0 Å². The van der Waals surface area contributed by atoms with Crippen LogP contribution in [0.5, 0.6) is 0 Å². The minimum absolute atomic E-state index is 0.0363. The van der Waals surface area contributed by atoms with E-state index in [4.69, 9.17) is 5.73 Å². The van der Waals surface area contributed by atoms with E-state index >= 15 is 0 Å². The number of halogens is 2. The third kappa shape index (κ3) is 3.40. The Morgan fingerprint density at radius 1 is 1.25 bits per heavy atom. The van der Waals surface area contributed by atoms with Gasteiger partial charge < -0.3 is 5.73 Å². The summed E-state index contributed by atoms with van der Waals surface area (Å²) in [6.45, 7) is 0. The first kappa shape index (κ1) is 14.6. The second kappa shape index (κ2) is 6.11. The fourth-order valence-corrected chi connectivity index (χ4v) is 2.46. The lowest BCUT2D eigenvalue weighted by molar-refractivity contribution is -0.384. The van der Waals surface area contributed by atoms with Crippen molar-refractivity contribution in [3.8, 4) is 0 Å². The Morgan fingerprint density at radius 3 is 2.50 bits per heavy atom. The maximum Gasteiger partial charge on any atom is 0.269 e. The van der Waals surface area contributed by atoms with Gasteiger partial charge in [0.25, 0.3) is 5.69 Å². The maximum atomic E-state index is 13.2. The zero-order valence-corrected chi connectivity index (χ0v) is 12.0. The van der Waals surface area contributed by atoms with Crippen LogP contribution in [0.1, 0.15) is 17.2 Å². The summed E-state index contributed by atoms with van der Waals surface area (Å²) in [6, 6.07) is 10.1. The summed E-state index contributed by atoms with van der Waals surface area (Å²) in [5.74, 6) is -0.345. The lowest BCUT2D eigenvalue weighted by atomic mass is 9.99. The van der Waals surface area contributed by atoms with Gasteiger partial charge in [0.15, 0.2) is 0 Å². The van der Waals surface area contributed by atoms with Crippen molar-refractivity contribution in [1.82, 2.24) is 0 Å². The highest BCUT2D eigenvalue weighted by Crippen LogP contribution is 2.26. The number of hydrogen-bond donors (Lipinski definition) is 1. The predicted molar refractivity (Wildman–Crippen MR) is 77.8 cm³/mol. The molecule has 6 heteroatoms. The Balaban J connectivity index is 2.16. The Labute approximate surface area is 123 Å². The number of non-ortho nitro benzene ring substituents is 1. The highest BCUT2D eigenvalue weighted by Gasteiger charge is 2.13. The summed E-state index contributed by atoms with van der Waals surface area (Å²) >= 11 is 3.34. The maximum absolute atomic E-state index is 13.2. The molecule has 0 aromatic heterocycles. The molecule has 0 fully saturated rings. The molecule has 4 nitrogen and oxygen atoms in total. The van der Waals surface area contributed by atoms with Gasteiger partial charge in [0.2, 0.25) is 0 Å². The molecule has 0 aliphatic carbocycles. The third-order valence-corrected chi connectivity index (χ3v) is 3.68. The smallest absolute Gasteiger partial charge is 0.269 e. The van der Waals surface area contributed by atoms with E-state index in [9.17, 15) is 14.5 Å². The van der Waals surface area contributed by atoms with Gasteiger partial charge in [-0.25, -0.2) is 4.39 Å². The monoisotopic (exact) mass is 338 g/mol. The second-order valence-electron chi connectivity index (χ2n) is 4.40. The van der Waals surface area contributed by atoms with Crippen LogP contribution in [-0.4, -0.2) is 4.92 Å². The van der Waals surface area contributed by atoms with Crippen molar-refractivity contribution in [3.63, 3.8) is 0 Å². The summed E-state index contributed by atoms with van der Waals surface area (Å²) in [5.41, 5.74) is 7.63. The number of nitrogens with zero attached hydrogens (tertiary/aromatic N) is 1. The van der Waals surface area contributed by atoms with Crippen LogP contribution in [0.4, 0.5) is 10.1 Å². The van der Waals surface area contributed by atoms with E-state index in [-0.39, 0.29) is 17.5 Å². The summed E-state index contributed by atoms with van der Waals surface area (Å²) in [7, 11) is 0. The van der Waals surface area contributed by atoms with Crippen LogP contribution in [0.25, 0.3) is 0 Å². The molecule has 0 heterocycles. The molecule has 2 aromatic rings. The van der Waals surface area contributed by atoms with Gasteiger partial charge in [-0.05, 0) is 35.7 Å². The highest BCUT2D eigenvalue weighted by atomic mass is 79.9. The van der Waals surface area contributed by atoms with E-state index in [0.717, 1.165) is 10.0 Å². The van der Waals surface area contributed by atoms with Crippen molar-refractivity contribution in [1.29, 1.82) is 0 Å². The number of nitro benzene ring substituents is 1. The average Bonchev–Trinajstić information content (AvgIpc) is 2.42. The van der Waals surface area contributed by atoms with Gasteiger partial charge in [-0.1, -0.05) is 28.1 Å². The summed E-state index contributed by atoms with van der Waals surface area (Å²) < 4.78 is 14.0. The Morgan fingerprint density at radius 2 is 1.90 bits per heavy atom. The molecule has 2 rings (SSSR count). The van der Waals surface area contributed by atoms with Gasteiger partial charge in [0, 0.05) is 22.6 Å². The molecule has 0 bridgehead atoms. The Kier molecular flexibility index (Phi) is 4.46. The minimum Gasteiger partial charge on any atom is -0.324 e. The van der Waals surface area contributed by atoms with Crippen LogP contribution in [-0.2, 0) is 6.42 Å². The summed E-state index contributed by atoms with van der Waals surface area (Å²) in [4.78, 5) is 10.1. The zero-order valence-electron chi connectivity index (χ0n) is 10.4. The lowest BCUT2D eigenvalue weighted by Crippen LogP contribution is -2.14. The largest absolute Gasteiger partial charge is 0.324 e. The summed E-state index contributed by atoms with van der Waals surface area (Å²) in [6.07, 6.45) is 0.472. The molecule has 0 aliphatic heterocycles. The van der Waals surface area contributed by atoms with Gasteiger partial charge in [-0.15, -0.1) is 0 Å². The second-order valence-corrected chi connectivity index (χ2v) is 5.25. The molecule has 1 unspecified atom stereocenters. The first-order chi connectivity index (χ1) is 9.47. The molecule has 1 atom stereocenters. The molecule has 20 heavy (non-hydrogen) atoms. The molecule has 0 radical (unpaired) electrons. The molecule has 2 N–H and O–H groups in total. The third-order valence-electron chi connectivity index (χ3n) is 2.96. The molecule has 2 aromatic carbocycles. The van der Waals surface area contributed by atoms with Gasteiger partial charge in [0.1, 0.15) is 5.82 Å². The van der Waals surface area contributed by atoms with Gasteiger partial charge in [0.05, 0.1) is 4.92 Å². The molecular formula is C14H12BrFN2O2. The van der Waals surface area contributed by atoms with Crippen molar-refractivity contribution in [3.05, 3.63) is 74.0 Å². The van der Waals surface area contributed by atoms with Crippen molar-refractivity contribution in [2.45, 2.75) is 12.5 Å². The van der Waals surface area contributed by atoms with Crippen molar-refractivity contribution in [2.75, 3.05) is 0 Å². The van der Waals surface area contributed by atoms with E-state index in [1.54, 1.807) is 18.2 Å². The minimum atomic E-state index is -0.452. The first-order valence-corrected chi connectivity index (χ1v) is 6.70. The van der Waals surface area contributed by atoms with E-state index in [1.807, 2.05) is 0 Å². The van der Waals surface area contributed by atoms with Crippen LogP contribution in [0, 0.1) is 15.9 Å². The fourth-order valence-electron chi connectivity index (χ4n) is 1.92. The molecule has 0 amide bonds. The molecule has 0 saturated heterocycles. The molecule has 0 saturated carbocycles. The summed E-state index contributed by atoms with van der Waals surface area (Å²) in [5, 5.41) is 10.6. The molecule has 104 valence electrons. The highest BCUT2D eigenvalue weighted by molar-refractivity contribution is 9.10. The van der Waals surface area contributed by atoms with Crippen LogP contribution >= 0.6 is 15.9 Å². The van der Waals surface area contributed by atoms with E-state index in [2.05, 4.69) is 15.9 Å². The normalized spacial score (nSPS) is 12.2. The molecule has 0 spiro atoms. The van der Waals surface area contributed by atoms with Gasteiger partial charge in [-0.3, -0.25) is 10.1 Å². The fraction of sp³-hybridized carbons (Fsp3) is 0.143. The van der Waals surface area contributed by atoms with Crippen LogP contribution < -0.4 is 5.73 Å². The molecule has 0 aliphatic rings. The topological polar surface area (TPSA) is 69.2 Å². The van der Waals surface area contributed by atoms with Crippen LogP contribution in [0.15, 0.2) is 46.9 Å². The van der Waals surface area contributed by atoms with Crippen molar-refractivity contribution < 1.29 is 9.31 Å². The van der Waals surface area contributed by atoms with E-state index in [1.165, 1.54) is 24.3 Å². The van der Waals surface area contributed by atoms with Crippen molar-refractivity contribution >= 4 is 21.6 Å². The van der Waals surface area contributed by atoms with E-state index in [0.29, 0.717) is 12.0 Å². The Hall–Kier alpha value is -1.79. The van der Waals surface area contributed by atoms with Gasteiger partial charge >= 0.3 is 0 Å². The Bertz CT molecular complexity index is 632. The standard InChI is InChI=1S/C14H12BrFN2O2/c15-13-6-3-10(16)8-12(13)14(17)7-9-1-4-11(5-2-9)18(19)20/h1-6,8,14H,7,17H2. The number of nitrogens with two attached hydrogens (primary N) is 1. The molecular weight excluding hydrogens is 327 g/mol. The number of benzene rings is 2. The SMILES string of the molecule is NC(Cc1ccc([N+](=O)[O-])cc1)c1cc(F)ccc1Br. The number of hydrogen-bond acceptors (Lipinski definition) is 3. The number of rotatable bonds is 4. The quantitative estimate of drug-likeness (QED) is 0.681. The van der Waals surface area contributed by atoms with Gasteiger partial charge in [-0.2, -0.15) is 0 Å². The lowest BCUT2D eigenvalue weighted by Gasteiger charge is -2.14.